The minimum absolute atomic E-state index is 0.216. The Labute approximate surface area is 129 Å². The lowest BCUT2D eigenvalue weighted by Crippen LogP contribution is -2.14. The fourth-order valence-corrected chi connectivity index (χ4v) is 2.24. The van der Waals surface area contributed by atoms with Crippen LogP contribution in [0.15, 0.2) is 30.3 Å². The zero-order valence-electron chi connectivity index (χ0n) is 12.1. The molecule has 0 spiro atoms. The zero-order valence-corrected chi connectivity index (χ0v) is 12.9. The zero-order chi connectivity index (χ0) is 15.4. The molecule has 1 aromatic heterocycles. The lowest BCUT2D eigenvalue weighted by Gasteiger charge is -2.10. The van der Waals surface area contributed by atoms with Gasteiger partial charge in [0.05, 0.1) is 0 Å². The smallest absolute Gasteiger partial charge is 0.255 e. The molecule has 0 radical (unpaired) electrons. The van der Waals surface area contributed by atoms with Crippen LogP contribution in [0.5, 0.6) is 0 Å². The van der Waals surface area contributed by atoms with Gasteiger partial charge in [-0.3, -0.25) is 4.79 Å². The van der Waals surface area contributed by atoms with Gasteiger partial charge in [0.25, 0.3) is 5.91 Å². The van der Waals surface area contributed by atoms with Gasteiger partial charge in [-0.2, -0.15) is 0 Å². The number of halogens is 1. The number of nitrogens with zero attached hydrogens (tertiary/aromatic N) is 1. The Morgan fingerprint density at radius 1 is 1.38 bits per heavy atom. The first-order chi connectivity index (χ1) is 10.0. The van der Waals surface area contributed by atoms with Crippen LogP contribution < -0.4 is 11.1 Å². The summed E-state index contributed by atoms with van der Waals surface area (Å²) in [6, 6.07) is 8.75. The number of rotatable bonds is 4. The molecule has 0 fully saturated rings. The van der Waals surface area contributed by atoms with Gasteiger partial charge in [0.2, 0.25) is 0 Å². The largest absolute Gasteiger partial charge is 0.384 e. The van der Waals surface area contributed by atoms with E-state index in [-0.39, 0.29) is 5.91 Å². The predicted molar refractivity (Wildman–Crippen MR) is 86.8 cm³/mol. The van der Waals surface area contributed by atoms with E-state index in [9.17, 15) is 4.79 Å². The van der Waals surface area contributed by atoms with Gasteiger partial charge in [-0.25, -0.2) is 4.98 Å². The molecule has 3 N–H and O–H groups in total. The Bertz CT molecular complexity index is 671. The monoisotopic (exact) mass is 303 g/mol. The number of aromatic nitrogens is 1. The molecule has 0 aliphatic rings. The van der Waals surface area contributed by atoms with Crippen LogP contribution in [0.4, 0.5) is 11.5 Å². The van der Waals surface area contributed by atoms with Crippen molar-refractivity contribution in [2.75, 3.05) is 11.1 Å². The minimum atomic E-state index is -0.216. The summed E-state index contributed by atoms with van der Waals surface area (Å²) in [5.74, 6) is 0.140. The van der Waals surface area contributed by atoms with Crippen LogP contribution in [0.25, 0.3) is 0 Å². The Morgan fingerprint density at radius 3 is 2.86 bits per heavy atom. The van der Waals surface area contributed by atoms with Crippen molar-refractivity contribution in [3.8, 4) is 0 Å². The molecule has 4 nitrogen and oxygen atoms in total. The van der Waals surface area contributed by atoms with E-state index >= 15 is 0 Å². The molecule has 21 heavy (non-hydrogen) atoms. The molecule has 2 aromatic rings. The molecule has 5 heteroatoms. The van der Waals surface area contributed by atoms with Crippen LogP contribution in [0.2, 0.25) is 5.02 Å². The van der Waals surface area contributed by atoms with Crippen molar-refractivity contribution >= 4 is 29.0 Å². The Balaban J connectivity index is 2.26. The average molecular weight is 304 g/mol. The molecule has 2 rings (SSSR count). The standard InChI is InChI=1S/C16H18ClN3O/c1-3-5-12-8-11(9-15(18)19-12)16(21)20-14-7-4-6-13(17)10(14)2/h4,6-9H,3,5H2,1-2H3,(H2,18,19)(H,20,21). The van der Waals surface area contributed by atoms with E-state index in [0.29, 0.717) is 22.1 Å². The normalized spacial score (nSPS) is 10.4. The fourth-order valence-electron chi connectivity index (χ4n) is 2.06. The minimum Gasteiger partial charge on any atom is -0.384 e. The van der Waals surface area contributed by atoms with E-state index < -0.39 is 0 Å². The molecule has 0 unspecified atom stereocenters. The van der Waals surface area contributed by atoms with Crippen LogP contribution in [-0.2, 0) is 6.42 Å². The van der Waals surface area contributed by atoms with E-state index in [1.807, 2.05) is 13.0 Å². The van der Waals surface area contributed by atoms with Crippen molar-refractivity contribution in [3.63, 3.8) is 0 Å². The molecule has 0 aliphatic carbocycles. The number of hydrogen-bond acceptors (Lipinski definition) is 3. The molecule has 0 bridgehead atoms. The summed E-state index contributed by atoms with van der Waals surface area (Å²) in [5, 5.41) is 3.48. The van der Waals surface area contributed by atoms with E-state index in [1.165, 1.54) is 0 Å². The molecule has 0 saturated carbocycles. The number of anilines is 2. The van der Waals surface area contributed by atoms with E-state index in [4.69, 9.17) is 17.3 Å². The molecular weight excluding hydrogens is 286 g/mol. The molecule has 110 valence electrons. The Kier molecular flexibility index (Phi) is 4.81. The van der Waals surface area contributed by atoms with Crippen molar-refractivity contribution in [2.24, 2.45) is 0 Å². The summed E-state index contributed by atoms with van der Waals surface area (Å²) in [4.78, 5) is 16.6. The van der Waals surface area contributed by atoms with Gasteiger partial charge in [-0.1, -0.05) is 31.0 Å². The lowest BCUT2D eigenvalue weighted by atomic mass is 10.1. The summed E-state index contributed by atoms with van der Waals surface area (Å²) < 4.78 is 0. The maximum absolute atomic E-state index is 12.3. The third kappa shape index (κ3) is 3.73. The third-order valence-corrected chi connectivity index (χ3v) is 3.59. The van der Waals surface area contributed by atoms with E-state index in [0.717, 1.165) is 24.1 Å². The Morgan fingerprint density at radius 2 is 2.14 bits per heavy atom. The molecule has 0 atom stereocenters. The Hall–Kier alpha value is -2.07. The number of nitrogen functional groups attached to an aromatic ring is 1. The van der Waals surface area contributed by atoms with Crippen molar-refractivity contribution < 1.29 is 4.79 Å². The van der Waals surface area contributed by atoms with Crippen LogP contribution in [0, 0.1) is 6.92 Å². The van der Waals surface area contributed by atoms with Gasteiger partial charge in [0.1, 0.15) is 5.82 Å². The maximum Gasteiger partial charge on any atom is 0.255 e. The molecular formula is C16H18ClN3O. The summed E-state index contributed by atoms with van der Waals surface area (Å²) >= 11 is 6.05. The highest BCUT2D eigenvalue weighted by atomic mass is 35.5. The highest BCUT2D eigenvalue weighted by Gasteiger charge is 2.11. The summed E-state index contributed by atoms with van der Waals surface area (Å²) in [6.07, 6.45) is 1.74. The van der Waals surface area contributed by atoms with Crippen LogP contribution in [0.3, 0.4) is 0 Å². The second-order valence-electron chi connectivity index (χ2n) is 4.89. The maximum atomic E-state index is 12.3. The van der Waals surface area contributed by atoms with Crippen molar-refractivity contribution in [3.05, 3.63) is 52.2 Å². The number of hydrogen-bond donors (Lipinski definition) is 2. The fraction of sp³-hybridized carbons (Fsp3) is 0.250. The van der Waals surface area contributed by atoms with Crippen molar-refractivity contribution in [1.29, 1.82) is 0 Å². The first-order valence-electron chi connectivity index (χ1n) is 6.84. The molecule has 1 amide bonds. The quantitative estimate of drug-likeness (QED) is 0.902. The van der Waals surface area contributed by atoms with Crippen molar-refractivity contribution in [1.82, 2.24) is 4.98 Å². The molecule has 1 aromatic carbocycles. The van der Waals surface area contributed by atoms with Gasteiger partial charge >= 0.3 is 0 Å². The molecule has 1 heterocycles. The van der Waals surface area contributed by atoms with Crippen LogP contribution >= 0.6 is 11.6 Å². The number of carbonyl (C=O) groups is 1. The average Bonchev–Trinajstić information content (AvgIpc) is 2.43. The van der Waals surface area contributed by atoms with Gasteiger partial charge in [-0.15, -0.1) is 0 Å². The van der Waals surface area contributed by atoms with Gasteiger partial charge in [-0.05, 0) is 43.2 Å². The van der Waals surface area contributed by atoms with Gasteiger partial charge < -0.3 is 11.1 Å². The summed E-state index contributed by atoms with van der Waals surface area (Å²) in [6.45, 7) is 3.92. The first-order valence-corrected chi connectivity index (χ1v) is 7.22. The van der Waals surface area contributed by atoms with E-state index in [2.05, 4.69) is 17.2 Å². The van der Waals surface area contributed by atoms with Crippen LogP contribution in [-0.4, -0.2) is 10.9 Å². The number of benzene rings is 1. The SMILES string of the molecule is CCCc1cc(C(=O)Nc2cccc(Cl)c2C)cc(N)n1. The number of nitrogens with one attached hydrogen (secondary N) is 1. The summed E-state index contributed by atoms with van der Waals surface area (Å²) in [5.41, 5.74) is 8.62. The highest BCUT2D eigenvalue weighted by molar-refractivity contribution is 6.31. The lowest BCUT2D eigenvalue weighted by molar-refractivity contribution is 0.102. The molecule has 0 saturated heterocycles. The number of carbonyl (C=O) groups excluding carboxylic acids is 1. The number of amides is 1. The van der Waals surface area contributed by atoms with Gasteiger partial charge in [0.15, 0.2) is 0 Å². The van der Waals surface area contributed by atoms with Crippen LogP contribution in [0.1, 0.15) is 35.0 Å². The highest BCUT2D eigenvalue weighted by Crippen LogP contribution is 2.23. The topological polar surface area (TPSA) is 68.0 Å². The van der Waals surface area contributed by atoms with Crippen molar-refractivity contribution in [2.45, 2.75) is 26.7 Å². The molecule has 0 aliphatic heterocycles. The third-order valence-electron chi connectivity index (χ3n) is 3.18. The number of nitrogens with two attached hydrogens (primary N) is 1. The number of aryl methyl sites for hydroxylation is 1. The van der Waals surface area contributed by atoms with Gasteiger partial charge in [0, 0.05) is 22.0 Å². The number of pyridine rings is 1. The predicted octanol–water partition coefficient (Wildman–Crippen LogP) is 3.83. The summed E-state index contributed by atoms with van der Waals surface area (Å²) in [7, 11) is 0. The second-order valence-corrected chi connectivity index (χ2v) is 5.30. The second kappa shape index (κ2) is 6.59. The first kappa shape index (κ1) is 15.3. The van der Waals surface area contributed by atoms with E-state index in [1.54, 1.807) is 24.3 Å².